The molecule has 98 valence electrons. The molecule has 1 aromatic heterocycles. The molecular formula is C14H13FN2O2. The fourth-order valence-corrected chi connectivity index (χ4v) is 1.88. The fourth-order valence-electron chi connectivity index (χ4n) is 1.88. The largest absolute Gasteiger partial charge is 0.478 e. The molecular weight excluding hydrogens is 247 g/mol. The molecule has 19 heavy (non-hydrogen) atoms. The number of benzene rings is 1. The molecule has 2 rings (SSSR count). The molecule has 2 aromatic rings. The molecule has 1 aromatic carbocycles. The zero-order valence-corrected chi connectivity index (χ0v) is 10.6. The van der Waals surface area contributed by atoms with Crippen LogP contribution >= 0.6 is 0 Å². The number of hydrogen-bond acceptors (Lipinski definition) is 2. The van der Waals surface area contributed by atoms with E-state index in [0.29, 0.717) is 0 Å². The van der Waals surface area contributed by atoms with Crippen LogP contribution in [0.5, 0.6) is 0 Å². The lowest BCUT2D eigenvalue weighted by atomic mass is 10.2. The average Bonchev–Trinajstić information content (AvgIpc) is 2.63. The number of rotatable bonds is 3. The van der Waals surface area contributed by atoms with Crippen LogP contribution < -0.4 is 0 Å². The van der Waals surface area contributed by atoms with Gasteiger partial charge in [-0.05, 0) is 44.2 Å². The number of nitrogens with zero attached hydrogens (tertiary/aromatic N) is 2. The van der Waals surface area contributed by atoms with E-state index in [2.05, 4.69) is 5.10 Å². The van der Waals surface area contributed by atoms with E-state index in [1.165, 1.54) is 18.2 Å². The zero-order valence-electron chi connectivity index (χ0n) is 10.6. The SMILES string of the molecule is Cc1nn(-c2ccc(F)cc2)c(C)c1/C=C/C(=O)O. The highest BCUT2D eigenvalue weighted by molar-refractivity contribution is 5.85. The maximum absolute atomic E-state index is 12.9. The summed E-state index contributed by atoms with van der Waals surface area (Å²) in [6.07, 6.45) is 2.59. The van der Waals surface area contributed by atoms with Gasteiger partial charge in [0.1, 0.15) is 5.82 Å². The van der Waals surface area contributed by atoms with Gasteiger partial charge < -0.3 is 5.11 Å². The first-order valence-corrected chi connectivity index (χ1v) is 5.72. The molecule has 0 saturated heterocycles. The Morgan fingerprint density at radius 2 is 1.95 bits per heavy atom. The highest BCUT2D eigenvalue weighted by Crippen LogP contribution is 2.19. The van der Waals surface area contributed by atoms with Crippen LogP contribution in [0.25, 0.3) is 11.8 Å². The summed E-state index contributed by atoms with van der Waals surface area (Å²) in [4.78, 5) is 10.6. The molecule has 0 aliphatic carbocycles. The van der Waals surface area contributed by atoms with Gasteiger partial charge in [0, 0.05) is 17.3 Å². The van der Waals surface area contributed by atoms with Crippen molar-refractivity contribution >= 4 is 12.0 Å². The molecule has 1 heterocycles. The van der Waals surface area contributed by atoms with Crippen molar-refractivity contribution in [2.75, 3.05) is 0 Å². The summed E-state index contributed by atoms with van der Waals surface area (Å²) < 4.78 is 14.6. The molecule has 0 atom stereocenters. The molecule has 5 heteroatoms. The molecule has 0 amide bonds. The number of aromatic nitrogens is 2. The summed E-state index contributed by atoms with van der Waals surface area (Å²) in [5, 5.41) is 13.0. The van der Waals surface area contributed by atoms with E-state index in [-0.39, 0.29) is 5.82 Å². The minimum atomic E-state index is -1.01. The summed E-state index contributed by atoms with van der Waals surface area (Å²) in [7, 11) is 0. The molecule has 0 bridgehead atoms. The number of aliphatic carboxylic acids is 1. The van der Waals surface area contributed by atoms with Crippen molar-refractivity contribution in [3.8, 4) is 5.69 Å². The van der Waals surface area contributed by atoms with E-state index in [9.17, 15) is 9.18 Å². The molecule has 0 fully saturated rings. The average molecular weight is 260 g/mol. The number of carboxylic acid groups (broad SMARTS) is 1. The van der Waals surface area contributed by atoms with Crippen LogP contribution in [0.4, 0.5) is 4.39 Å². The van der Waals surface area contributed by atoms with Crippen molar-refractivity contribution < 1.29 is 14.3 Å². The second-order valence-electron chi connectivity index (χ2n) is 4.14. The Labute approximate surface area is 109 Å². The minimum Gasteiger partial charge on any atom is -0.478 e. The van der Waals surface area contributed by atoms with Gasteiger partial charge in [0.05, 0.1) is 11.4 Å². The first-order chi connectivity index (χ1) is 8.99. The van der Waals surface area contributed by atoms with Gasteiger partial charge in [0.15, 0.2) is 0 Å². The first-order valence-electron chi connectivity index (χ1n) is 5.72. The van der Waals surface area contributed by atoms with Gasteiger partial charge in [-0.15, -0.1) is 0 Å². The molecule has 0 aliphatic heterocycles. The summed E-state index contributed by atoms with van der Waals surface area (Å²) in [5.74, 6) is -1.32. The van der Waals surface area contributed by atoms with Gasteiger partial charge in [-0.1, -0.05) is 0 Å². The van der Waals surface area contributed by atoms with Crippen LogP contribution in [-0.2, 0) is 4.79 Å². The maximum Gasteiger partial charge on any atom is 0.328 e. The molecule has 0 aliphatic rings. The Morgan fingerprint density at radius 3 is 2.53 bits per heavy atom. The second kappa shape index (κ2) is 5.06. The van der Waals surface area contributed by atoms with Crippen LogP contribution in [-0.4, -0.2) is 20.9 Å². The van der Waals surface area contributed by atoms with Gasteiger partial charge in [-0.2, -0.15) is 5.10 Å². The fraction of sp³-hybridized carbons (Fsp3) is 0.143. The third kappa shape index (κ3) is 2.70. The smallest absolute Gasteiger partial charge is 0.328 e. The summed E-state index contributed by atoms with van der Waals surface area (Å²) in [6, 6.07) is 5.97. The zero-order chi connectivity index (χ0) is 14.0. The standard InChI is InChI=1S/C14H13FN2O2/c1-9-13(7-8-14(18)19)10(2)17(16-9)12-5-3-11(15)4-6-12/h3-8H,1-2H3,(H,18,19)/b8-7+. The maximum atomic E-state index is 12.9. The predicted octanol–water partition coefficient (Wildman–Crippen LogP) is 2.73. The number of carboxylic acids is 1. The van der Waals surface area contributed by atoms with Crippen LogP contribution in [0.1, 0.15) is 17.0 Å². The van der Waals surface area contributed by atoms with Crippen molar-refractivity contribution in [3.05, 3.63) is 53.1 Å². The normalized spacial score (nSPS) is 11.1. The molecule has 0 spiro atoms. The highest BCUT2D eigenvalue weighted by Gasteiger charge is 2.10. The highest BCUT2D eigenvalue weighted by atomic mass is 19.1. The van der Waals surface area contributed by atoms with Crippen molar-refractivity contribution in [2.45, 2.75) is 13.8 Å². The topological polar surface area (TPSA) is 55.1 Å². The Kier molecular flexibility index (Phi) is 3.46. The summed E-state index contributed by atoms with van der Waals surface area (Å²) in [5.41, 5.74) is 3.02. The van der Waals surface area contributed by atoms with E-state index >= 15 is 0 Å². The lowest BCUT2D eigenvalue weighted by molar-refractivity contribution is -0.131. The van der Waals surface area contributed by atoms with Crippen molar-refractivity contribution in [1.82, 2.24) is 9.78 Å². The molecule has 0 unspecified atom stereocenters. The molecule has 0 saturated carbocycles. The Morgan fingerprint density at radius 1 is 1.32 bits per heavy atom. The Bertz CT molecular complexity index is 642. The van der Waals surface area contributed by atoms with Crippen molar-refractivity contribution in [1.29, 1.82) is 0 Å². The molecule has 1 N–H and O–H groups in total. The van der Waals surface area contributed by atoms with Gasteiger partial charge in [0.2, 0.25) is 0 Å². The van der Waals surface area contributed by atoms with E-state index in [4.69, 9.17) is 5.11 Å². The number of halogens is 1. The Balaban J connectivity index is 2.46. The molecule has 4 nitrogen and oxygen atoms in total. The van der Waals surface area contributed by atoms with Gasteiger partial charge in [-0.3, -0.25) is 0 Å². The van der Waals surface area contributed by atoms with Gasteiger partial charge in [0.25, 0.3) is 0 Å². The number of hydrogen-bond donors (Lipinski definition) is 1. The minimum absolute atomic E-state index is 0.309. The van der Waals surface area contributed by atoms with Crippen LogP contribution in [0, 0.1) is 19.7 Å². The summed E-state index contributed by atoms with van der Waals surface area (Å²) >= 11 is 0. The number of aryl methyl sites for hydroxylation is 1. The van der Waals surface area contributed by atoms with Crippen LogP contribution in [0.15, 0.2) is 30.3 Å². The third-order valence-corrected chi connectivity index (χ3v) is 2.81. The van der Waals surface area contributed by atoms with E-state index in [1.807, 2.05) is 6.92 Å². The van der Waals surface area contributed by atoms with Gasteiger partial charge in [-0.25, -0.2) is 13.9 Å². The second-order valence-corrected chi connectivity index (χ2v) is 4.14. The van der Waals surface area contributed by atoms with E-state index in [1.54, 1.807) is 23.7 Å². The van der Waals surface area contributed by atoms with Crippen molar-refractivity contribution in [3.63, 3.8) is 0 Å². The lowest BCUT2D eigenvalue weighted by Gasteiger charge is -2.04. The van der Waals surface area contributed by atoms with Crippen LogP contribution in [0.3, 0.4) is 0 Å². The molecule has 0 radical (unpaired) electrons. The first kappa shape index (κ1) is 13.0. The third-order valence-electron chi connectivity index (χ3n) is 2.81. The van der Waals surface area contributed by atoms with E-state index in [0.717, 1.165) is 28.7 Å². The van der Waals surface area contributed by atoms with Crippen molar-refractivity contribution in [2.24, 2.45) is 0 Å². The lowest BCUT2D eigenvalue weighted by Crippen LogP contribution is -1.99. The van der Waals surface area contributed by atoms with E-state index < -0.39 is 5.97 Å². The number of carbonyl (C=O) groups is 1. The predicted molar refractivity (Wildman–Crippen MR) is 69.7 cm³/mol. The van der Waals surface area contributed by atoms with Crippen LogP contribution in [0.2, 0.25) is 0 Å². The monoisotopic (exact) mass is 260 g/mol. The quantitative estimate of drug-likeness (QED) is 0.863. The Hall–Kier alpha value is -2.43. The summed E-state index contributed by atoms with van der Waals surface area (Å²) in [6.45, 7) is 3.64. The van der Waals surface area contributed by atoms with Gasteiger partial charge >= 0.3 is 5.97 Å².